The quantitative estimate of drug-likeness (QED) is 0.0954. The number of alkyl halides is 15. The van der Waals surface area contributed by atoms with Crippen molar-refractivity contribution < 1.29 is 65.9 Å². The molecule has 0 N–H and O–H groups in total. The highest BCUT2D eigenvalue weighted by molar-refractivity contribution is 6.35. The Bertz CT molecular complexity index is 1810. The van der Waals surface area contributed by atoms with Gasteiger partial charge in [0.05, 0.1) is 27.8 Å². The second-order valence-electron chi connectivity index (χ2n) is 8.85. The van der Waals surface area contributed by atoms with Crippen LogP contribution in [0.4, 0.5) is 65.9 Å². The Hall–Kier alpha value is -3.65. The molecular formula is C25H7F15. The third-order valence-corrected chi connectivity index (χ3v) is 6.51. The highest BCUT2D eigenvalue weighted by Crippen LogP contribution is 2.53. The summed E-state index contributed by atoms with van der Waals surface area (Å²) < 4.78 is 209. The van der Waals surface area contributed by atoms with Crippen LogP contribution >= 0.6 is 0 Å². The Balaban J connectivity index is 2.28. The van der Waals surface area contributed by atoms with Gasteiger partial charge in [-0.2, -0.15) is 65.9 Å². The minimum absolute atomic E-state index is 0.00748. The molecule has 0 saturated heterocycles. The molecule has 0 aliphatic carbocycles. The highest BCUT2D eigenvalue weighted by atomic mass is 19.4. The number of rotatable bonds is 0. The third kappa shape index (κ3) is 4.12. The maximum Gasteiger partial charge on any atom is 0.417 e. The standard InChI is InChI=1S/C25H7F15/c26-21(27,28)8-5-11-13(22(29,30)31)3-2-10-17(11)12(6-8)19-14(23(32,33)34)4-1-9-15(24(35,36)37)7-16(25(38,39)40)18(10)20(9)19/h1-7H. The van der Waals surface area contributed by atoms with Gasteiger partial charge in [0.25, 0.3) is 0 Å². The fraction of sp³-hybridized carbons (Fsp3) is 0.200. The van der Waals surface area contributed by atoms with Gasteiger partial charge in [-0.1, -0.05) is 12.1 Å². The van der Waals surface area contributed by atoms with Gasteiger partial charge in [-0.05, 0) is 62.6 Å². The molecule has 0 atom stereocenters. The molecule has 40 heavy (non-hydrogen) atoms. The van der Waals surface area contributed by atoms with Crippen LogP contribution in [0.3, 0.4) is 0 Å². The van der Waals surface area contributed by atoms with E-state index in [9.17, 15) is 65.9 Å². The minimum atomic E-state index is -5.67. The van der Waals surface area contributed by atoms with Crippen LogP contribution < -0.4 is 0 Å². The fourth-order valence-electron chi connectivity index (χ4n) is 5.07. The van der Waals surface area contributed by atoms with Crippen LogP contribution in [0.15, 0.2) is 42.5 Å². The van der Waals surface area contributed by atoms with Gasteiger partial charge in [0.1, 0.15) is 0 Å². The first kappa shape index (κ1) is 27.9. The van der Waals surface area contributed by atoms with Crippen molar-refractivity contribution in [2.45, 2.75) is 30.9 Å². The maximum atomic E-state index is 14.2. The summed E-state index contributed by atoms with van der Waals surface area (Å²) in [5, 5.41) is -9.99. The van der Waals surface area contributed by atoms with Crippen molar-refractivity contribution in [2.75, 3.05) is 0 Å². The van der Waals surface area contributed by atoms with E-state index in [0.29, 0.717) is 6.07 Å². The van der Waals surface area contributed by atoms with Gasteiger partial charge in [0.2, 0.25) is 0 Å². The zero-order chi connectivity index (χ0) is 30.0. The third-order valence-electron chi connectivity index (χ3n) is 6.51. The van der Waals surface area contributed by atoms with E-state index in [1.807, 2.05) is 0 Å². The van der Waals surface area contributed by atoms with E-state index in [1.54, 1.807) is 0 Å². The number of hydrogen-bond acceptors (Lipinski definition) is 0. The first-order valence-electron chi connectivity index (χ1n) is 10.6. The molecule has 0 saturated carbocycles. The van der Waals surface area contributed by atoms with Crippen molar-refractivity contribution >= 4 is 43.1 Å². The molecule has 0 bridgehead atoms. The molecule has 212 valence electrons. The fourth-order valence-corrected chi connectivity index (χ4v) is 5.07. The molecule has 0 fully saturated rings. The Morgan fingerprint density at radius 2 is 0.750 bits per heavy atom. The molecule has 0 aliphatic rings. The molecule has 5 rings (SSSR count). The summed E-state index contributed by atoms with van der Waals surface area (Å²) in [6.45, 7) is 0. The van der Waals surface area contributed by atoms with Gasteiger partial charge < -0.3 is 0 Å². The molecular weight excluding hydrogens is 585 g/mol. The lowest BCUT2D eigenvalue weighted by Gasteiger charge is -2.25. The summed E-state index contributed by atoms with van der Waals surface area (Å²) in [5.74, 6) is 0. The van der Waals surface area contributed by atoms with Gasteiger partial charge in [0, 0.05) is 10.8 Å². The molecule has 5 aromatic carbocycles. The van der Waals surface area contributed by atoms with E-state index in [0.717, 1.165) is 0 Å². The second kappa shape index (κ2) is 7.97. The predicted molar refractivity (Wildman–Crippen MR) is 113 cm³/mol. The SMILES string of the molecule is FC(F)(F)c1cc2c(C(F)(F)F)ccc3c4c(C(F)(F)F)cc(C(F)(F)F)c5ccc(C(F)(F)F)c(c(c1)c23)c54. The summed E-state index contributed by atoms with van der Waals surface area (Å²) in [4.78, 5) is 0. The molecule has 0 spiro atoms. The van der Waals surface area contributed by atoms with Crippen molar-refractivity contribution in [3.05, 3.63) is 70.3 Å². The van der Waals surface area contributed by atoms with E-state index >= 15 is 0 Å². The van der Waals surface area contributed by atoms with Gasteiger partial charge in [0.15, 0.2) is 0 Å². The van der Waals surface area contributed by atoms with Crippen molar-refractivity contribution in [3.63, 3.8) is 0 Å². The Labute approximate surface area is 210 Å². The molecule has 0 unspecified atom stereocenters. The van der Waals surface area contributed by atoms with Crippen LogP contribution in [0, 0.1) is 0 Å². The molecule has 5 aromatic rings. The van der Waals surface area contributed by atoms with Crippen LogP contribution in [0.2, 0.25) is 0 Å². The van der Waals surface area contributed by atoms with Gasteiger partial charge >= 0.3 is 30.9 Å². The average molecular weight is 592 g/mol. The predicted octanol–water partition coefficient (Wildman–Crippen LogP) is 10.8. The second-order valence-corrected chi connectivity index (χ2v) is 8.85. The van der Waals surface area contributed by atoms with Gasteiger partial charge in [-0.3, -0.25) is 0 Å². The highest BCUT2D eigenvalue weighted by Gasteiger charge is 2.44. The summed E-state index contributed by atoms with van der Waals surface area (Å²) in [7, 11) is 0. The smallest absolute Gasteiger partial charge is 0.166 e. The van der Waals surface area contributed by atoms with E-state index in [-0.39, 0.29) is 36.4 Å². The van der Waals surface area contributed by atoms with E-state index in [4.69, 9.17) is 0 Å². The Morgan fingerprint density at radius 3 is 1.25 bits per heavy atom. The van der Waals surface area contributed by atoms with Crippen molar-refractivity contribution in [3.8, 4) is 0 Å². The monoisotopic (exact) mass is 592 g/mol. The van der Waals surface area contributed by atoms with Crippen molar-refractivity contribution in [1.29, 1.82) is 0 Å². The number of fused-ring (bicyclic) bond motifs is 2. The summed E-state index contributed by atoms with van der Waals surface area (Å²) in [6.07, 6.45) is -27.7. The molecule has 0 aliphatic heterocycles. The first-order chi connectivity index (χ1) is 18.0. The lowest BCUT2D eigenvalue weighted by Crippen LogP contribution is -2.15. The lowest BCUT2D eigenvalue weighted by atomic mass is 9.82. The van der Waals surface area contributed by atoms with E-state index < -0.39 is 102 Å². The normalized spacial score (nSPS) is 14.4. The van der Waals surface area contributed by atoms with Crippen LogP contribution in [-0.4, -0.2) is 0 Å². The molecule has 15 heteroatoms. The van der Waals surface area contributed by atoms with Crippen molar-refractivity contribution in [1.82, 2.24) is 0 Å². The first-order valence-corrected chi connectivity index (χ1v) is 10.6. The lowest BCUT2D eigenvalue weighted by molar-refractivity contribution is -0.141. The topological polar surface area (TPSA) is 0 Å². The summed E-state index contributed by atoms with van der Waals surface area (Å²) in [5.41, 5.74) is -9.79. The maximum absolute atomic E-state index is 14.2. The number of halogens is 15. The zero-order valence-corrected chi connectivity index (χ0v) is 18.7. The van der Waals surface area contributed by atoms with E-state index in [1.165, 1.54) is 0 Å². The van der Waals surface area contributed by atoms with Crippen LogP contribution in [0.1, 0.15) is 27.8 Å². The van der Waals surface area contributed by atoms with Crippen molar-refractivity contribution in [2.24, 2.45) is 0 Å². The largest absolute Gasteiger partial charge is 0.417 e. The van der Waals surface area contributed by atoms with Gasteiger partial charge in [-0.15, -0.1) is 0 Å². The molecule has 0 radical (unpaired) electrons. The Morgan fingerprint density at radius 1 is 0.300 bits per heavy atom. The van der Waals surface area contributed by atoms with Crippen LogP contribution in [0.5, 0.6) is 0 Å². The van der Waals surface area contributed by atoms with Crippen LogP contribution in [-0.2, 0) is 30.9 Å². The summed E-state index contributed by atoms with van der Waals surface area (Å²) in [6, 6.07) is 0.329. The number of benzene rings is 5. The number of hydrogen-bond donors (Lipinski definition) is 0. The van der Waals surface area contributed by atoms with Gasteiger partial charge in [-0.25, -0.2) is 0 Å². The molecule has 0 aromatic heterocycles. The Kier molecular flexibility index (Phi) is 5.56. The van der Waals surface area contributed by atoms with E-state index in [2.05, 4.69) is 0 Å². The minimum Gasteiger partial charge on any atom is -0.166 e. The molecule has 0 nitrogen and oxygen atoms in total. The summed E-state index contributed by atoms with van der Waals surface area (Å²) >= 11 is 0. The molecule has 0 amide bonds. The average Bonchev–Trinajstić information content (AvgIpc) is 2.77. The molecule has 0 heterocycles. The zero-order valence-electron chi connectivity index (χ0n) is 18.7. The van der Waals surface area contributed by atoms with Crippen LogP contribution in [0.25, 0.3) is 43.1 Å².